The van der Waals surface area contributed by atoms with Crippen LogP contribution in [0.4, 0.5) is 10.5 Å². The lowest BCUT2D eigenvalue weighted by Gasteiger charge is -2.08. The Balaban J connectivity index is 2.21. The molecule has 0 unspecified atom stereocenters. The second kappa shape index (κ2) is 4.56. The van der Waals surface area contributed by atoms with Gasteiger partial charge in [-0.15, -0.1) is 0 Å². The average Bonchev–Trinajstić information content (AvgIpc) is 2.40. The Kier molecular flexibility index (Phi) is 3.13. The minimum absolute atomic E-state index is 0.498. The van der Waals surface area contributed by atoms with E-state index in [4.69, 9.17) is 5.73 Å². The molecule has 0 saturated heterocycles. The van der Waals surface area contributed by atoms with Gasteiger partial charge >= 0.3 is 6.03 Å². The van der Waals surface area contributed by atoms with Gasteiger partial charge in [-0.05, 0) is 54.9 Å². The zero-order chi connectivity index (χ0) is 11.5. The van der Waals surface area contributed by atoms with Gasteiger partial charge in [0.1, 0.15) is 0 Å². The molecule has 3 nitrogen and oxygen atoms in total. The van der Waals surface area contributed by atoms with Gasteiger partial charge in [-0.25, -0.2) is 4.79 Å². The zero-order valence-electron chi connectivity index (χ0n) is 9.62. The third kappa shape index (κ3) is 2.54. The fourth-order valence-electron chi connectivity index (χ4n) is 2.27. The fraction of sp³-hybridized carbons (Fsp3) is 0.462. The highest BCUT2D eigenvalue weighted by Gasteiger charge is 2.13. The van der Waals surface area contributed by atoms with Gasteiger partial charge < -0.3 is 11.1 Å². The van der Waals surface area contributed by atoms with Gasteiger partial charge in [0.25, 0.3) is 0 Å². The molecule has 86 valence electrons. The number of fused-ring (bicyclic) bond motifs is 1. The van der Waals surface area contributed by atoms with E-state index in [-0.39, 0.29) is 0 Å². The van der Waals surface area contributed by atoms with Crippen molar-refractivity contribution in [1.82, 2.24) is 0 Å². The number of urea groups is 1. The molecule has 0 bridgehead atoms. The molecule has 0 spiro atoms. The topological polar surface area (TPSA) is 55.1 Å². The summed E-state index contributed by atoms with van der Waals surface area (Å²) < 4.78 is 0. The number of primary amides is 1. The van der Waals surface area contributed by atoms with E-state index in [0.29, 0.717) is 0 Å². The molecule has 0 heterocycles. The van der Waals surface area contributed by atoms with Crippen molar-refractivity contribution < 1.29 is 4.79 Å². The monoisotopic (exact) mass is 218 g/mol. The number of carbonyl (C=O) groups excluding carboxylic acids is 1. The lowest BCUT2D eigenvalue weighted by atomic mass is 10.0. The van der Waals surface area contributed by atoms with Crippen molar-refractivity contribution in [3.8, 4) is 0 Å². The summed E-state index contributed by atoms with van der Waals surface area (Å²) in [5.41, 5.74) is 8.68. The largest absolute Gasteiger partial charge is 0.351 e. The zero-order valence-corrected chi connectivity index (χ0v) is 9.62. The lowest BCUT2D eigenvalue weighted by Crippen LogP contribution is -2.19. The second-order valence-electron chi connectivity index (χ2n) is 4.66. The molecule has 1 atom stereocenters. The Morgan fingerprint density at radius 3 is 2.69 bits per heavy atom. The molecule has 0 aromatic heterocycles. The van der Waals surface area contributed by atoms with Crippen LogP contribution in [0, 0.1) is 5.92 Å². The number of carbonyl (C=O) groups is 1. The number of hydrogen-bond acceptors (Lipinski definition) is 1. The van der Waals surface area contributed by atoms with E-state index in [1.54, 1.807) is 0 Å². The first-order valence-electron chi connectivity index (χ1n) is 5.83. The Hall–Kier alpha value is -1.51. The van der Waals surface area contributed by atoms with Crippen LogP contribution in [0.15, 0.2) is 18.2 Å². The summed E-state index contributed by atoms with van der Waals surface area (Å²) in [6.45, 7) is 2.30. The van der Waals surface area contributed by atoms with E-state index < -0.39 is 6.03 Å². The summed E-state index contributed by atoms with van der Waals surface area (Å²) in [6.07, 6.45) is 4.74. The van der Waals surface area contributed by atoms with Crippen molar-refractivity contribution in [2.45, 2.75) is 32.6 Å². The molecule has 3 heteroatoms. The summed E-state index contributed by atoms with van der Waals surface area (Å²) in [7, 11) is 0. The highest BCUT2D eigenvalue weighted by Crippen LogP contribution is 2.26. The molecular weight excluding hydrogens is 200 g/mol. The SMILES string of the molecule is C[C@@H]1CCc2ccc(NC(N)=O)cc2CC1. The molecule has 0 saturated carbocycles. The summed E-state index contributed by atoms with van der Waals surface area (Å²) in [5.74, 6) is 0.792. The highest BCUT2D eigenvalue weighted by molar-refractivity contribution is 5.87. The standard InChI is InChI=1S/C13H18N2O/c1-9-2-4-10-6-7-12(15-13(14)16)8-11(10)5-3-9/h6-9H,2-5H2,1H3,(H3,14,15,16)/t9-/m1/s1. The predicted octanol–water partition coefficient (Wildman–Crippen LogP) is 2.69. The van der Waals surface area contributed by atoms with Crippen LogP contribution in [0.2, 0.25) is 0 Å². The highest BCUT2D eigenvalue weighted by atomic mass is 16.2. The maximum atomic E-state index is 10.8. The lowest BCUT2D eigenvalue weighted by molar-refractivity contribution is 0.259. The maximum absolute atomic E-state index is 10.8. The fourth-order valence-corrected chi connectivity index (χ4v) is 2.27. The van der Waals surface area contributed by atoms with Crippen LogP contribution in [-0.4, -0.2) is 6.03 Å². The van der Waals surface area contributed by atoms with E-state index in [0.717, 1.165) is 24.4 Å². The van der Waals surface area contributed by atoms with E-state index in [1.165, 1.54) is 24.0 Å². The summed E-state index contributed by atoms with van der Waals surface area (Å²) >= 11 is 0. The van der Waals surface area contributed by atoms with Crippen LogP contribution in [0.3, 0.4) is 0 Å². The van der Waals surface area contributed by atoms with Gasteiger partial charge in [0, 0.05) is 5.69 Å². The Labute approximate surface area is 96.0 Å². The molecule has 1 aliphatic carbocycles. The molecule has 1 aromatic carbocycles. The predicted molar refractivity (Wildman–Crippen MR) is 65.5 cm³/mol. The first-order valence-corrected chi connectivity index (χ1v) is 5.83. The summed E-state index contributed by atoms with van der Waals surface area (Å²) in [5, 5.41) is 2.63. The third-order valence-corrected chi connectivity index (χ3v) is 3.29. The quantitative estimate of drug-likeness (QED) is 0.699. The number of anilines is 1. The average molecular weight is 218 g/mol. The van der Waals surface area contributed by atoms with Crippen molar-refractivity contribution in [1.29, 1.82) is 0 Å². The molecular formula is C13H18N2O. The molecule has 1 aromatic rings. The number of aryl methyl sites for hydroxylation is 2. The van der Waals surface area contributed by atoms with Gasteiger partial charge in [0.15, 0.2) is 0 Å². The summed E-state index contributed by atoms with van der Waals surface area (Å²) in [4.78, 5) is 10.8. The van der Waals surface area contributed by atoms with Crippen LogP contribution in [0.5, 0.6) is 0 Å². The van der Waals surface area contributed by atoms with Crippen LogP contribution in [-0.2, 0) is 12.8 Å². The van der Waals surface area contributed by atoms with E-state index >= 15 is 0 Å². The van der Waals surface area contributed by atoms with E-state index in [9.17, 15) is 4.79 Å². The van der Waals surface area contributed by atoms with Crippen LogP contribution >= 0.6 is 0 Å². The van der Waals surface area contributed by atoms with Crippen molar-refractivity contribution in [2.75, 3.05) is 5.32 Å². The molecule has 0 aliphatic heterocycles. The molecule has 2 amide bonds. The molecule has 1 aliphatic rings. The van der Waals surface area contributed by atoms with Crippen LogP contribution in [0.1, 0.15) is 30.9 Å². The molecule has 3 N–H and O–H groups in total. The first-order chi connectivity index (χ1) is 7.65. The summed E-state index contributed by atoms with van der Waals surface area (Å²) in [6, 6.07) is 5.60. The molecule has 2 rings (SSSR count). The van der Waals surface area contributed by atoms with Gasteiger partial charge in [-0.3, -0.25) is 0 Å². The number of amides is 2. The molecule has 0 fully saturated rings. The minimum Gasteiger partial charge on any atom is -0.351 e. The van der Waals surface area contributed by atoms with Crippen molar-refractivity contribution in [3.63, 3.8) is 0 Å². The second-order valence-corrected chi connectivity index (χ2v) is 4.66. The minimum atomic E-state index is -0.498. The number of hydrogen-bond donors (Lipinski definition) is 2. The third-order valence-electron chi connectivity index (χ3n) is 3.29. The van der Waals surface area contributed by atoms with E-state index in [2.05, 4.69) is 24.4 Å². The number of nitrogens with one attached hydrogen (secondary N) is 1. The van der Waals surface area contributed by atoms with Gasteiger partial charge in [0.05, 0.1) is 0 Å². The van der Waals surface area contributed by atoms with Gasteiger partial charge in [-0.1, -0.05) is 13.0 Å². The molecule has 16 heavy (non-hydrogen) atoms. The van der Waals surface area contributed by atoms with Gasteiger partial charge in [-0.2, -0.15) is 0 Å². The Bertz CT molecular complexity index is 401. The van der Waals surface area contributed by atoms with Crippen LogP contribution in [0.25, 0.3) is 0 Å². The smallest absolute Gasteiger partial charge is 0.316 e. The van der Waals surface area contributed by atoms with Crippen LogP contribution < -0.4 is 11.1 Å². The van der Waals surface area contributed by atoms with Crippen molar-refractivity contribution >= 4 is 11.7 Å². The van der Waals surface area contributed by atoms with Crippen molar-refractivity contribution in [3.05, 3.63) is 29.3 Å². The first kappa shape index (κ1) is 11.0. The molecule has 0 radical (unpaired) electrons. The normalized spacial score (nSPS) is 19.7. The number of benzene rings is 1. The number of rotatable bonds is 1. The Morgan fingerprint density at radius 1 is 1.31 bits per heavy atom. The van der Waals surface area contributed by atoms with Crippen molar-refractivity contribution in [2.24, 2.45) is 11.7 Å². The van der Waals surface area contributed by atoms with Gasteiger partial charge in [0.2, 0.25) is 0 Å². The van der Waals surface area contributed by atoms with E-state index in [1.807, 2.05) is 6.07 Å². The number of nitrogens with two attached hydrogens (primary N) is 1. The maximum Gasteiger partial charge on any atom is 0.316 e. The Morgan fingerprint density at radius 2 is 2.00 bits per heavy atom.